The summed E-state index contributed by atoms with van der Waals surface area (Å²) in [6.07, 6.45) is 5.11. The molecule has 0 radical (unpaired) electrons. The summed E-state index contributed by atoms with van der Waals surface area (Å²) in [6, 6.07) is 11.2. The van der Waals surface area contributed by atoms with E-state index in [-0.39, 0.29) is 11.4 Å². The topological polar surface area (TPSA) is 116 Å². The first kappa shape index (κ1) is 23.4. The van der Waals surface area contributed by atoms with Crippen LogP contribution in [0.25, 0.3) is 10.4 Å². The average molecular weight is 439 g/mol. The maximum Gasteiger partial charge on any atom is 0.292 e. The van der Waals surface area contributed by atoms with Gasteiger partial charge in [-0.15, -0.1) is 0 Å². The highest BCUT2D eigenvalue weighted by Crippen LogP contribution is 2.32. The molecule has 0 spiro atoms. The summed E-state index contributed by atoms with van der Waals surface area (Å²) >= 11 is 0. The number of anilines is 1. The Morgan fingerprint density at radius 2 is 2.19 bits per heavy atom. The quantitative estimate of drug-likeness (QED) is 0.122. The summed E-state index contributed by atoms with van der Waals surface area (Å²) in [5.41, 5.74) is 11.8. The number of nitro groups is 1. The maximum absolute atomic E-state index is 11.4. The summed E-state index contributed by atoms with van der Waals surface area (Å²) in [5.74, 6) is 0.974. The van der Waals surface area contributed by atoms with Gasteiger partial charge in [0.15, 0.2) is 0 Å². The van der Waals surface area contributed by atoms with Crippen LogP contribution in [-0.4, -0.2) is 42.6 Å². The van der Waals surface area contributed by atoms with E-state index in [0.717, 1.165) is 50.9 Å². The van der Waals surface area contributed by atoms with Gasteiger partial charge in [-0.05, 0) is 67.4 Å². The molecule has 9 heteroatoms. The Morgan fingerprint density at radius 3 is 2.91 bits per heavy atom. The zero-order valence-corrected chi connectivity index (χ0v) is 18.7. The Labute approximate surface area is 188 Å². The maximum atomic E-state index is 11.4. The molecule has 1 aliphatic carbocycles. The number of ether oxygens (including phenoxy) is 1. The highest BCUT2D eigenvalue weighted by molar-refractivity contribution is 5.66. The van der Waals surface area contributed by atoms with Crippen LogP contribution in [0.5, 0.6) is 5.75 Å². The third kappa shape index (κ3) is 5.69. The van der Waals surface area contributed by atoms with E-state index in [4.69, 9.17) is 10.3 Å². The van der Waals surface area contributed by atoms with Gasteiger partial charge in [0.2, 0.25) is 0 Å². The predicted octanol–water partition coefficient (Wildman–Crippen LogP) is 5.62. The lowest BCUT2D eigenvalue weighted by atomic mass is 9.86. The number of rotatable bonds is 11. The normalized spacial score (nSPS) is 15.0. The lowest BCUT2D eigenvalue weighted by molar-refractivity contribution is -0.383. The molecule has 9 nitrogen and oxygen atoms in total. The van der Waals surface area contributed by atoms with E-state index in [2.05, 4.69) is 39.3 Å². The molecular formula is C23H30N6O3. The molecule has 1 atom stereocenters. The van der Waals surface area contributed by atoms with E-state index < -0.39 is 4.92 Å². The SMILES string of the molecule is CCCN(CCCNc1ccc(N=[N+]=[N-])cc1[N+](=O)[O-])C1CCc2cccc(OC)c2C1. The Bertz CT molecular complexity index is 975. The Hall–Kier alpha value is -3.29. The van der Waals surface area contributed by atoms with Crippen LogP contribution in [0.2, 0.25) is 0 Å². The number of nitrogens with one attached hydrogen (secondary N) is 1. The molecule has 0 fully saturated rings. The van der Waals surface area contributed by atoms with Crippen molar-refractivity contribution in [2.75, 3.05) is 32.1 Å². The van der Waals surface area contributed by atoms with Crippen LogP contribution < -0.4 is 10.1 Å². The minimum absolute atomic E-state index is 0.0868. The average Bonchev–Trinajstić information content (AvgIpc) is 2.81. The molecule has 32 heavy (non-hydrogen) atoms. The summed E-state index contributed by atoms with van der Waals surface area (Å²) in [6.45, 7) is 4.75. The van der Waals surface area contributed by atoms with Gasteiger partial charge in [-0.1, -0.05) is 30.2 Å². The van der Waals surface area contributed by atoms with Gasteiger partial charge < -0.3 is 10.1 Å². The second kappa shape index (κ2) is 11.4. The molecule has 3 rings (SSSR count). The van der Waals surface area contributed by atoms with Crippen LogP contribution in [0.1, 0.15) is 37.3 Å². The van der Waals surface area contributed by atoms with Crippen LogP contribution in [0.15, 0.2) is 41.5 Å². The van der Waals surface area contributed by atoms with Crippen molar-refractivity contribution in [1.29, 1.82) is 0 Å². The molecule has 0 bridgehead atoms. The molecule has 1 unspecified atom stereocenters. The smallest absolute Gasteiger partial charge is 0.292 e. The molecule has 0 saturated carbocycles. The number of benzene rings is 2. The molecule has 0 saturated heterocycles. The summed E-state index contributed by atoms with van der Waals surface area (Å²) in [5, 5.41) is 18.0. The lowest BCUT2D eigenvalue weighted by Gasteiger charge is -2.35. The van der Waals surface area contributed by atoms with Crippen LogP contribution in [0.3, 0.4) is 0 Å². The van der Waals surface area contributed by atoms with E-state index in [9.17, 15) is 10.1 Å². The van der Waals surface area contributed by atoms with Gasteiger partial charge in [-0.3, -0.25) is 15.0 Å². The lowest BCUT2D eigenvalue weighted by Crippen LogP contribution is -2.41. The first-order valence-electron chi connectivity index (χ1n) is 11.0. The fraction of sp³-hybridized carbons (Fsp3) is 0.478. The van der Waals surface area contributed by atoms with Gasteiger partial charge in [-0.2, -0.15) is 0 Å². The van der Waals surface area contributed by atoms with Crippen LogP contribution in [0, 0.1) is 10.1 Å². The second-order valence-electron chi connectivity index (χ2n) is 7.96. The minimum Gasteiger partial charge on any atom is -0.496 e. The molecule has 0 aliphatic heterocycles. The number of aryl methyl sites for hydroxylation is 1. The first-order valence-corrected chi connectivity index (χ1v) is 11.0. The number of methoxy groups -OCH3 is 1. The predicted molar refractivity (Wildman–Crippen MR) is 126 cm³/mol. The summed E-state index contributed by atoms with van der Waals surface area (Å²) in [7, 11) is 1.73. The zero-order valence-electron chi connectivity index (χ0n) is 18.7. The van der Waals surface area contributed by atoms with Crippen molar-refractivity contribution >= 4 is 17.1 Å². The van der Waals surface area contributed by atoms with Gasteiger partial charge in [0.1, 0.15) is 11.4 Å². The molecule has 0 amide bonds. The standard InChI is InChI=1S/C23H30N6O3/c1-3-13-28(19-10-8-17-6-4-7-23(32-2)20(17)16-19)14-5-12-25-21-11-9-18(26-27-24)15-22(21)29(30)31/h4,6-7,9,11,15,19,25H,3,5,8,10,12-14,16H2,1-2H3. The van der Waals surface area contributed by atoms with Crippen molar-refractivity contribution < 1.29 is 9.66 Å². The Balaban J connectivity index is 1.60. The van der Waals surface area contributed by atoms with Crippen molar-refractivity contribution in [3.8, 4) is 5.75 Å². The minimum atomic E-state index is -0.463. The van der Waals surface area contributed by atoms with Crippen molar-refractivity contribution in [2.45, 2.75) is 45.1 Å². The van der Waals surface area contributed by atoms with Crippen molar-refractivity contribution in [2.24, 2.45) is 5.11 Å². The van der Waals surface area contributed by atoms with Crippen LogP contribution in [0.4, 0.5) is 17.1 Å². The highest BCUT2D eigenvalue weighted by Gasteiger charge is 2.25. The van der Waals surface area contributed by atoms with E-state index in [0.29, 0.717) is 18.3 Å². The number of hydrogen-bond donors (Lipinski definition) is 1. The zero-order chi connectivity index (χ0) is 22.9. The molecule has 1 N–H and O–H groups in total. The number of nitrogens with zero attached hydrogens (tertiary/aromatic N) is 5. The summed E-state index contributed by atoms with van der Waals surface area (Å²) in [4.78, 5) is 16.1. The molecule has 0 aromatic heterocycles. The van der Waals surface area contributed by atoms with E-state index >= 15 is 0 Å². The molecule has 170 valence electrons. The Kier molecular flexibility index (Phi) is 8.30. The number of azide groups is 1. The monoisotopic (exact) mass is 438 g/mol. The van der Waals surface area contributed by atoms with Crippen LogP contribution >= 0.6 is 0 Å². The Morgan fingerprint density at radius 1 is 1.34 bits per heavy atom. The summed E-state index contributed by atoms with van der Waals surface area (Å²) < 4.78 is 5.59. The fourth-order valence-electron chi connectivity index (χ4n) is 4.44. The first-order chi connectivity index (χ1) is 15.6. The number of nitro benzene ring substituents is 1. The van der Waals surface area contributed by atoms with Gasteiger partial charge >= 0.3 is 0 Å². The third-order valence-electron chi connectivity index (χ3n) is 5.94. The van der Waals surface area contributed by atoms with Gasteiger partial charge in [0, 0.05) is 35.8 Å². The van der Waals surface area contributed by atoms with E-state index in [1.807, 2.05) is 6.07 Å². The molecule has 2 aromatic rings. The van der Waals surface area contributed by atoms with Crippen molar-refractivity contribution in [3.63, 3.8) is 0 Å². The molecule has 0 heterocycles. The van der Waals surface area contributed by atoms with Gasteiger partial charge in [0.05, 0.1) is 12.0 Å². The number of fused-ring (bicyclic) bond motifs is 1. The van der Waals surface area contributed by atoms with Crippen LogP contribution in [-0.2, 0) is 12.8 Å². The molecule has 1 aliphatic rings. The third-order valence-corrected chi connectivity index (χ3v) is 5.94. The fourth-order valence-corrected chi connectivity index (χ4v) is 4.44. The van der Waals surface area contributed by atoms with Gasteiger partial charge in [-0.25, -0.2) is 0 Å². The number of hydrogen-bond acceptors (Lipinski definition) is 6. The van der Waals surface area contributed by atoms with Crippen molar-refractivity contribution in [1.82, 2.24) is 4.90 Å². The highest BCUT2D eigenvalue weighted by atomic mass is 16.6. The molecular weight excluding hydrogens is 408 g/mol. The van der Waals surface area contributed by atoms with E-state index in [1.165, 1.54) is 17.2 Å². The van der Waals surface area contributed by atoms with Gasteiger partial charge in [0.25, 0.3) is 5.69 Å². The van der Waals surface area contributed by atoms with Crippen molar-refractivity contribution in [3.05, 3.63) is 68.1 Å². The second-order valence-corrected chi connectivity index (χ2v) is 7.96. The largest absolute Gasteiger partial charge is 0.496 e. The molecule has 2 aromatic carbocycles. The van der Waals surface area contributed by atoms with E-state index in [1.54, 1.807) is 19.2 Å².